The van der Waals surface area contributed by atoms with Gasteiger partial charge in [-0.3, -0.25) is 0 Å². The summed E-state index contributed by atoms with van der Waals surface area (Å²) in [6, 6.07) is 4.69. The molecule has 0 amide bonds. The first-order valence-electron chi connectivity index (χ1n) is 3.51. The molecule has 1 rings (SSSR count). The van der Waals surface area contributed by atoms with E-state index in [4.69, 9.17) is 5.73 Å². The van der Waals surface area contributed by atoms with Gasteiger partial charge in [0.25, 0.3) is 0 Å². The van der Waals surface area contributed by atoms with Gasteiger partial charge < -0.3 is 5.73 Å². The van der Waals surface area contributed by atoms with Crippen molar-refractivity contribution in [1.82, 2.24) is 0 Å². The predicted octanol–water partition coefficient (Wildman–Crippen LogP) is 1.93. The van der Waals surface area contributed by atoms with Crippen LogP contribution >= 0.6 is 9.24 Å². The first-order chi connectivity index (χ1) is 5.22. The van der Waals surface area contributed by atoms with Crippen LogP contribution in [0.25, 0.3) is 0 Å². The van der Waals surface area contributed by atoms with Crippen molar-refractivity contribution >= 4 is 20.2 Å². The highest BCUT2D eigenvalue weighted by Crippen LogP contribution is 2.07. The molecule has 2 N–H and O–H groups in total. The lowest BCUT2D eigenvalue weighted by Crippen LogP contribution is -2.02. The van der Waals surface area contributed by atoms with E-state index in [1.54, 1.807) is 12.1 Å². The molecule has 1 unspecified atom stereocenters. The Labute approximate surface area is 69.0 Å². The summed E-state index contributed by atoms with van der Waals surface area (Å²) in [5.74, 6) is -0.359. The Bertz CT molecular complexity index is 205. The molecule has 0 saturated carbocycles. The molecule has 0 bridgehead atoms. The van der Waals surface area contributed by atoms with E-state index >= 15 is 0 Å². The van der Waals surface area contributed by atoms with Crippen molar-refractivity contribution in [3.63, 3.8) is 0 Å². The third-order valence-corrected chi connectivity index (χ3v) is 1.59. The molecular formula is C8H13FNP. The van der Waals surface area contributed by atoms with Gasteiger partial charge in [-0.25, -0.2) is 4.39 Å². The van der Waals surface area contributed by atoms with Gasteiger partial charge in [0.05, 0.1) is 5.69 Å². The first kappa shape index (κ1) is 10.4. The molecule has 0 spiro atoms. The number of rotatable bonds is 0. The second kappa shape index (κ2) is 5.09. The average molecular weight is 173 g/mol. The minimum Gasteiger partial charge on any atom is -0.396 e. The maximum absolute atomic E-state index is 12.4. The Kier molecular flexibility index (Phi) is 4.80. The van der Waals surface area contributed by atoms with E-state index in [0.29, 0.717) is 5.30 Å². The van der Waals surface area contributed by atoms with Gasteiger partial charge in [-0.15, -0.1) is 9.24 Å². The summed E-state index contributed by atoms with van der Waals surface area (Å²) < 4.78 is 12.4. The molecule has 0 saturated heterocycles. The largest absolute Gasteiger partial charge is 0.396 e. The Morgan fingerprint density at radius 1 is 1.36 bits per heavy atom. The normalized spacial score (nSPS) is 8.36. The van der Waals surface area contributed by atoms with E-state index < -0.39 is 0 Å². The molecule has 0 radical (unpaired) electrons. The molecule has 1 nitrogen and oxygen atoms in total. The summed E-state index contributed by atoms with van der Waals surface area (Å²) in [5.41, 5.74) is 5.50. The number of halogens is 1. The molecule has 1 atom stereocenters. The lowest BCUT2D eigenvalue weighted by molar-refractivity contribution is 0.633. The van der Waals surface area contributed by atoms with Crippen LogP contribution in [0.15, 0.2) is 18.2 Å². The van der Waals surface area contributed by atoms with E-state index in [0.717, 1.165) is 0 Å². The van der Waals surface area contributed by atoms with Gasteiger partial charge in [0.2, 0.25) is 0 Å². The molecule has 0 aliphatic carbocycles. The van der Waals surface area contributed by atoms with Crippen LogP contribution in [-0.4, -0.2) is 0 Å². The highest BCUT2D eigenvalue weighted by atomic mass is 31.0. The molecule has 0 aliphatic heterocycles. The lowest BCUT2D eigenvalue weighted by atomic mass is 10.3. The number of hydrogen-bond acceptors (Lipinski definition) is 1. The van der Waals surface area contributed by atoms with Gasteiger partial charge in [-0.2, -0.15) is 0 Å². The van der Waals surface area contributed by atoms with Crippen LogP contribution in [0.5, 0.6) is 0 Å². The van der Waals surface area contributed by atoms with Crippen LogP contribution in [0.2, 0.25) is 0 Å². The molecule has 0 aliphatic rings. The van der Waals surface area contributed by atoms with Crippen molar-refractivity contribution in [1.29, 1.82) is 0 Å². The van der Waals surface area contributed by atoms with Crippen LogP contribution in [0.3, 0.4) is 0 Å². The molecule has 1 aromatic carbocycles. The first-order valence-corrected chi connectivity index (χ1v) is 4.09. The molecule has 0 fully saturated rings. The van der Waals surface area contributed by atoms with Crippen molar-refractivity contribution in [3.8, 4) is 0 Å². The standard InChI is InChI=1S/C6H7FNP.C2H6/c7-4-2-1-3-5(9)6(4)8;1-2/h1-3H,8-9H2;1-2H3. The number of benzene rings is 1. The van der Waals surface area contributed by atoms with E-state index in [1.165, 1.54) is 6.07 Å². The van der Waals surface area contributed by atoms with Crippen LogP contribution < -0.4 is 11.0 Å². The smallest absolute Gasteiger partial charge is 0.146 e. The quantitative estimate of drug-likeness (QED) is 0.471. The zero-order valence-electron chi connectivity index (χ0n) is 6.76. The summed E-state index contributed by atoms with van der Waals surface area (Å²) in [4.78, 5) is 0. The summed E-state index contributed by atoms with van der Waals surface area (Å²) >= 11 is 0. The predicted molar refractivity (Wildman–Crippen MR) is 51.5 cm³/mol. The summed E-state index contributed by atoms with van der Waals surface area (Å²) in [5, 5.41) is 0.704. The average Bonchev–Trinajstić information content (AvgIpc) is 2.04. The minimum absolute atomic E-state index is 0.211. The Morgan fingerprint density at radius 3 is 2.27 bits per heavy atom. The van der Waals surface area contributed by atoms with E-state index in [9.17, 15) is 4.39 Å². The second-order valence-corrected chi connectivity index (χ2v) is 2.36. The molecular weight excluding hydrogens is 160 g/mol. The molecule has 11 heavy (non-hydrogen) atoms. The van der Waals surface area contributed by atoms with Crippen molar-refractivity contribution in [2.24, 2.45) is 0 Å². The maximum atomic E-state index is 12.4. The molecule has 62 valence electrons. The summed E-state index contributed by atoms with van der Waals surface area (Å²) in [6.45, 7) is 4.00. The molecule has 1 aromatic rings. The number of nitrogens with two attached hydrogens (primary N) is 1. The van der Waals surface area contributed by atoms with Crippen molar-refractivity contribution < 1.29 is 4.39 Å². The fourth-order valence-corrected chi connectivity index (χ4v) is 0.803. The van der Waals surface area contributed by atoms with Gasteiger partial charge in [-0.05, 0) is 11.4 Å². The Balaban J connectivity index is 0.000000461. The van der Waals surface area contributed by atoms with Gasteiger partial charge in [0.15, 0.2) is 0 Å². The van der Waals surface area contributed by atoms with Gasteiger partial charge in [0.1, 0.15) is 5.82 Å². The minimum atomic E-state index is -0.359. The zero-order chi connectivity index (χ0) is 8.85. The highest BCUT2D eigenvalue weighted by molar-refractivity contribution is 7.28. The van der Waals surface area contributed by atoms with Crippen LogP contribution in [0.4, 0.5) is 10.1 Å². The number of hydrogen-bond donors (Lipinski definition) is 1. The topological polar surface area (TPSA) is 26.0 Å². The van der Waals surface area contributed by atoms with Gasteiger partial charge in [-0.1, -0.05) is 26.0 Å². The lowest BCUT2D eigenvalue weighted by Gasteiger charge is -1.97. The SMILES string of the molecule is CC.Nc1c(F)cccc1P. The van der Waals surface area contributed by atoms with Gasteiger partial charge in [0, 0.05) is 0 Å². The van der Waals surface area contributed by atoms with Gasteiger partial charge >= 0.3 is 0 Å². The molecule has 0 aromatic heterocycles. The Hall–Kier alpha value is -0.620. The van der Waals surface area contributed by atoms with E-state index in [2.05, 4.69) is 9.24 Å². The highest BCUT2D eigenvalue weighted by Gasteiger charge is 1.96. The number of anilines is 1. The zero-order valence-corrected chi connectivity index (χ0v) is 7.92. The van der Waals surface area contributed by atoms with Crippen molar-refractivity contribution in [2.75, 3.05) is 5.73 Å². The van der Waals surface area contributed by atoms with Crippen LogP contribution in [-0.2, 0) is 0 Å². The monoisotopic (exact) mass is 173 g/mol. The molecule has 0 heterocycles. The van der Waals surface area contributed by atoms with E-state index in [-0.39, 0.29) is 11.5 Å². The third kappa shape index (κ3) is 2.85. The summed E-state index contributed by atoms with van der Waals surface area (Å²) in [6.07, 6.45) is 0. The van der Waals surface area contributed by atoms with Crippen molar-refractivity contribution in [3.05, 3.63) is 24.0 Å². The summed E-state index contributed by atoms with van der Waals surface area (Å²) in [7, 11) is 2.36. The third-order valence-electron chi connectivity index (χ3n) is 1.09. The fourth-order valence-electron chi connectivity index (χ4n) is 0.554. The fraction of sp³-hybridized carbons (Fsp3) is 0.250. The van der Waals surface area contributed by atoms with Crippen molar-refractivity contribution in [2.45, 2.75) is 13.8 Å². The number of nitrogen functional groups attached to an aromatic ring is 1. The molecule has 3 heteroatoms. The van der Waals surface area contributed by atoms with Crippen LogP contribution in [0.1, 0.15) is 13.8 Å². The maximum Gasteiger partial charge on any atom is 0.146 e. The Morgan fingerprint density at radius 2 is 1.91 bits per heavy atom. The number of para-hydroxylation sites is 1. The van der Waals surface area contributed by atoms with Crippen LogP contribution in [0, 0.1) is 5.82 Å². The second-order valence-electron chi connectivity index (χ2n) is 1.74. The van der Waals surface area contributed by atoms with E-state index in [1.807, 2.05) is 13.8 Å².